The summed E-state index contributed by atoms with van der Waals surface area (Å²) < 4.78 is 6.17. The van der Waals surface area contributed by atoms with Gasteiger partial charge < -0.3 is 9.64 Å². The van der Waals surface area contributed by atoms with Gasteiger partial charge >= 0.3 is 0 Å². The van der Waals surface area contributed by atoms with E-state index in [-0.39, 0.29) is 18.1 Å². The average molecular weight is 344 g/mol. The number of amides is 1. The van der Waals surface area contributed by atoms with Gasteiger partial charge in [-0.05, 0) is 23.8 Å². The number of likely N-dealkylation sites (N-methyl/N-ethyl adjacent to an activating group) is 1. The maximum Gasteiger partial charge on any atom is 0.257 e. The van der Waals surface area contributed by atoms with E-state index in [0.717, 1.165) is 25.2 Å². The van der Waals surface area contributed by atoms with Gasteiger partial charge in [0, 0.05) is 39.1 Å². The molecule has 1 saturated heterocycles. The SMILES string of the molecule is CN1C(=O)c2ccccc2OC2CN(Cc3ccncc3Cl)CC21. The van der Waals surface area contributed by atoms with Crippen molar-refractivity contribution >= 4 is 17.5 Å². The smallest absolute Gasteiger partial charge is 0.257 e. The van der Waals surface area contributed by atoms with Crippen LogP contribution in [0.1, 0.15) is 15.9 Å². The third-order valence-electron chi connectivity index (χ3n) is 4.78. The lowest BCUT2D eigenvalue weighted by Crippen LogP contribution is -2.44. The standard InChI is InChI=1S/C18H18ClN3O2/c1-21-15-10-22(9-12-6-7-20-8-14(12)19)11-17(15)24-16-5-3-2-4-13(16)18(21)23/h2-8,15,17H,9-11H2,1H3. The van der Waals surface area contributed by atoms with Crippen molar-refractivity contribution in [3.05, 3.63) is 58.9 Å². The minimum atomic E-state index is -0.0387. The average Bonchev–Trinajstić information content (AvgIpc) is 2.94. The number of likely N-dealkylation sites (tertiary alicyclic amines) is 1. The highest BCUT2D eigenvalue weighted by molar-refractivity contribution is 6.31. The van der Waals surface area contributed by atoms with Crippen LogP contribution < -0.4 is 4.74 Å². The number of halogens is 1. The summed E-state index contributed by atoms with van der Waals surface area (Å²) in [5.41, 5.74) is 1.68. The predicted octanol–water partition coefficient (Wildman–Crippen LogP) is 2.45. The zero-order valence-electron chi connectivity index (χ0n) is 13.4. The molecule has 4 rings (SSSR count). The molecule has 2 aliphatic rings. The zero-order chi connectivity index (χ0) is 16.7. The highest BCUT2D eigenvalue weighted by Gasteiger charge is 2.42. The van der Waals surface area contributed by atoms with Crippen LogP contribution in [0.25, 0.3) is 0 Å². The van der Waals surface area contributed by atoms with Gasteiger partial charge in [0.05, 0.1) is 16.6 Å². The summed E-state index contributed by atoms with van der Waals surface area (Å²) in [6.45, 7) is 2.25. The molecule has 6 heteroatoms. The molecule has 1 aromatic heterocycles. The number of ether oxygens (including phenoxy) is 1. The molecule has 2 unspecified atom stereocenters. The summed E-state index contributed by atoms with van der Waals surface area (Å²) in [5, 5.41) is 0.667. The van der Waals surface area contributed by atoms with Gasteiger partial charge in [0.15, 0.2) is 0 Å². The van der Waals surface area contributed by atoms with Crippen LogP contribution in [-0.2, 0) is 6.54 Å². The first-order chi connectivity index (χ1) is 11.6. The van der Waals surface area contributed by atoms with Crippen LogP contribution in [0.5, 0.6) is 5.75 Å². The van der Waals surface area contributed by atoms with Gasteiger partial charge in [-0.3, -0.25) is 14.7 Å². The monoisotopic (exact) mass is 343 g/mol. The number of carbonyl (C=O) groups is 1. The second kappa shape index (κ2) is 6.07. The lowest BCUT2D eigenvalue weighted by Gasteiger charge is -2.25. The molecule has 2 aromatic rings. The van der Waals surface area contributed by atoms with E-state index in [1.54, 1.807) is 12.4 Å². The summed E-state index contributed by atoms with van der Waals surface area (Å²) in [5.74, 6) is 0.688. The first-order valence-electron chi connectivity index (χ1n) is 7.97. The van der Waals surface area contributed by atoms with E-state index in [9.17, 15) is 4.79 Å². The molecule has 1 amide bonds. The Morgan fingerprint density at radius 2 is 2.12 bits per heavy atom. The molecule has 3 heterocycles. The number of nitrogens with zero attached hydrogens (tertiary/aromatic N) is 3. The Morgan fingerprint density at radius 3 is 2.96 bits per heavy atom. The highest BCUT2D eigenvalue weighted by Crippen LogP contribution is 2.31. The Labute approximate surface area is 145 Å². The first-order valence-corrected chi connectivity index (χ1v) is 8.35. The van der Waals surface area contributed by atoms with E-state index in [0.29, 0.717) is 16.3 Å². The minimum Gasteiger partial charge on any atom is -0.486 e. The van der Waals surface area contributed by atoms with Crippen LogP contribution in [0.15, 0.2) is 42.7 Å². The van der Waals surface area contributed by atoms with Gasteiger partial charge in [0.1, 0.15) is 11.9 Å². The predicted molar refractivity (Wildman–Crippen MR) is 91.3 cm³/mol. The molecular formula is C18H18ClN3O2. The first kappa shape index (κ1) is 15.4. The Bertz CT molecular complexity index is 782. The maximum absolute atomic E-state index is 12.7. The number of rotatable bonds is 2. The largest absolute Gasteiger partial charge is 0.486 e. The zero-order valence-corrected chi connectivity index (χ0v) is 14.1. The summed E-state index contributed by atoms with van der Waals surface area (Å²) in [7, 11) is 1.86. The van der Waals surface area contributed by atoms with Gasteiger partial charge in [0.25, 0.3) is 5.91 Å². The third kappa shape index (κ3) is 2.64. The number of benzene rings is 1. The maximum atomic E-state index is 12.7. The quantitative estimate of drug-likeness (QED) is 0.840. The van der Waals surface area contributed by atoms with Crippen molar-refractivity contribution in [3.63, 3.8) is 0 Å². The van der Waals surface area contributed by atoms with E-state index < -0.39 is 0 Å². The van der Waals surface area contributed by atoms with E-state index in [1.807, 2.05) is 42.3 Å². The summed E-state index contributed by atoms with van der Waals surface area (Å²) in [4.78, 5) is 20.8. The van der Waals surface area contributed by atoms with E-state index in [4.69, 9.17) is 16.3 Å². The normalized spacial score (nSPS) is 23.4. The topological polar surface area (TPSA) is 45.7 Å². The number of aromatic nitrogens is 1. The fourth-order valence-corrected chi connectivity index (χ4v) is 3.65. The lowest BCUT2D eigenvalue weighted by molar-refractivity contribution is 0.0682. The molecule has 1 aromatic carbocycles. The summed E-state index contributed by atoms with van der Waals surface area (Å²) in [6.07, 6.45) is 3.37. The summed E-state index contributed by atoms with van der Waals surface area (Å²) in [6, 6.07) is 9.42. The fraction of sp³-hybridized carbons (Fsp3) is 0.333. The number of hydrogen-bond acceptors (Lipinski definition) is 4. The van der Waals surface area contributed by atoms with E-state index in [1.165, 1.54) is 0 Å². The van der Waals surface area contributed by atoms with Gasteiger partial charge in [0.2, 0.25) is 0 Å². The van der Waals surface area contributed by atoms with Crippen LogP contribution >= 0.6 is 11.6 Å². The summed E-state index contributed by atoms with van der Waals surface area (Å²) >= 11 is 6.22. The number of hydrogen-bond donors (Lipinski definition) is 0. The van der Waals surface area contributed by atoms with E-state index >= 15 is 0 Å². The minimum absolute atomic E-state index is 0.0156. The van der Waals surface area contributed by atoms with Gasteiger partial charge in [-0.15, -0.1) is 0 Å². The molecule has 1 fully saturated rings. The molecule has 0 spiro atoms. The van der Waals surface area contributed by atoms with Crippen molar-refractivity contribution in [3.8, 4) is 5.75 Å². The molecule has 5 nitrogen and oxygen atoms in total. The van der Waals surface area contributed by atoms with Crippen molar-refractivity contribution in [2.24, 2.45) is 0 Å². The van der Waals surface area contributed by atoms with Crippen LogP contribution in [-0.4, -0.2) is 53.0 Å². The molecule has 0 aliphatic carbocycles. The van der Waals surface area contributed by atoms with Crippen LogP contribution in [0.4, 0.5) is 0 Å². The fourth-order valence-electron chi connectivity index (χ4n) is 3.47. The number of carbonyl (C=O) groups excluding carboxylic acids is 1. The number of fused-ring (bicyclic) bond motifs is 2. The van der Waals surface area contributed by atoms with Gasteiger partial charge in [-0.1, -0.05) is 23.7 Å². The lowest BCUT2D eigenvalue weighted by atomic mass is 10.1. The Morgan fingerprint density at radius 1 is 1.29 bits per heavy atom. The van der Waals surface area contributed by atoms with Crippen LogP contribution in [0, 0.1) is 0 Å². The Kier molecular flexibility index (Phi) is 3.90. The van der Waals surface area contributed by atoms with Crippen LogP contribution in [0.3, 0.4) is 0 Å². The Hall–Kier alpha value is -2.11. The van der Waals surface area contributed by atoms with Crippen molar-refractivity contribution in [2.75, 3.05) is 20.1 Å². The van der Waals surface area contributed by atoms with Crippen molar-refractivity contribution in [2.45, 2.75) is 18.7 Å². The molecule has 0 bridgehead atoms. The van der Waals surface area contributed by atoms with Gasteiger partial charge in [-0.2, -0.15) is 0 Å². The van der Waals surface area contributed by atoms with Crippen LogP contribution in [0.2, 0.25) is 5.02 Å². The second-order valence-corrected chi connectivity index (χ2v) is 6.70. The third-order valence-corrected chi connectivity index (χ3v) is 5.12. The molecule has 2 aliphatic heterocycles. The molecular weight excluding hydrogens is 326 g/mol. The molecule has 2 atom stereocenters. The van der Waals surface area contributed by atoms with Crippen molar-refractivity contribution in [1.29, 1.82) is 0 Å². The Balaban J connectivity index is 1.57. The van der Waals surface area contributed by atoms with Crippen molar-refractivity contribution in [1.82, 2.24) is 14.8 Å². The van der Waals surface area contributed by atoms with E-state index in [2.05, 4.69) is 9.88 Å². The molecule has 24 heavy (non-hydrogen) atoms. The number of para-hydroxylation sites is 1. The number of pyridine rings is 1. The van der Waals surface area contributed by atoms with Crippen molar-refractivity contribution < 1.29 is 9.53 Å². The molecule has 124 valence electrons. The molecule has 0 radical (unpaired) electrons. The molecule has 0 N–H and O–H groups in total. The highest BCUT2D eigenvalue weighted by atomic mass is 35.5. The van der Waals surface area contributed by atoms with Gasteiger partial charge in [-0.25, -0.2) is 0 Å². The second-order valence-electron chi connectivity index (χ2n) is 6.30. The molecule has 0 saturated carbocycles.